The maximum absolute atomic E-state index is 12.6. The summed E-state index contributed by atoms with van der Waals surface area (Å²) in [7, 11) is 0. The Bertz CT molecular complexity index is 731. The molecule has 5 heteroatoms. The smallest absolute Gasteiger partial charge is 0.331 e. The van der Waals surface area contributed by atoms with E-state index in [1.54, 1.807) is 32.9 Å². The van der Waals surface area contributed by atoms with Crippen LogP contribution in [0, 0.1) is 5.41 Å². The summed E-state index contributed by atoms with van der Waals surface area (Å²) in [6, 6.07) is 0. The first-order chi connectivity index (χ1) is 13.9. The summed E-state index contributed by atoms with van der Waals surface area (Å²) < 4.78 is 5.57. The highest BCUT2D eigenvalue weighted by Crippen LogP contribution is 2.34. The fourth-order valence-corrected chi connectivity index (χ4v) is 3.32. The SMILES string of the molecule is CC(C)=CCC[C@]1(C)C=C[C@@H](OC(=O)C=C(C)C)[C@](C)(O)CCC(=O)/C(CO)=C\C1. The monoisotopic (exact) mass is 418 g/mol. The van der Waals surface area contributed by atoms with Gasteiger partial charge in [0.25, 0.3) is 0 Å². The molecule has 1 aliphatic rings. The number of aliphatic hydroxyl groups excluding tert-OH is 1. The maximum atomic E-state index is 12.6. The van der Waals surface area contributed by atoms with Crippen LogP contribution < -0.4 is 0 Å². The van der Waals surface area contributed by atoms with E-state index in [0.29, 0.717) is 12.0 Å². The van der Waals surface area contributed by atoms with Crippen molar-refractivity contribution >= 4 is 11.8 Å². The van der Waals surface area contributed by atoms with Gasteiger partial charge >= 0.3 is 5.97 Å². The second kappa shape index (κ2) is 11.4. The highest BCUT2D eigenvalue weighted by Gasteiger charge is 2.35. The molecular formula is C25H38O5. The number of carbonyl (C=O) groups is 2. The minimum Gasteiger partial charge on any atom is -0.452 e. The van der Waals surface area contributed by atoms with E-state index in [2.05, 4.69) is 13.0 Å². The molecule has 0 aromatic carbocycles. The molecule has 5 nitrogen and oxygen atoms in total. The molecule has 0 heterocycles. The van der Waals surface area contributed by atoms with Crippen molar-refractivity contribution in [1.82, 2.24) is 0 Å². The molecule has 0 saturated heterocycles. The normalized spacial score (nSPS) is 29.3. The zero-order chi connectivity index (χ0) is 22.9. The molecule has 30 heavy (non-hydrogen) atoms. The molecule has 0 saturated carbocycles. The highest BCUT2D eigenvalue weighted by molar-refractivity contribution is 5.95. The molecule has 1 aliphatic carbocycles. The average molecular weight is 419 g/mol. The molecule has 1 rings (SSSR count). The lowest BCUT2D eigenvalue weighted by molar-refractivity contribution is -0.153. The molecule has 2 N–H and O–H groups in total. The summed E-state index contributed by atoms with van der Waals surface area (Å²) >= 11 is 0. The van der Waals surface area contributed by atoms with Crippen molar-refractivity contribution in [2.24, 2.45) is 5.41 Å². The summed E-state index contributed by atoms with van der Waals surface area (Å²) in [6.07, 6.45) is 10.6. The van der Waals surface area contributed by atoms with Crippen LogP contribution in [-0.2, 0) is 14.3 Å². The second-order valence-corrected chi connectivity index (χ2v) is 9.28. The van der Waals surface area contributed by atoms with Gasteiger partial charge in [0.05, 0.1) is 6.61 Å². The number of aliphatic hydroxyl groups is 2. The molecule has 0 fully saturated rings. The number of allylic oxidation sites excluding steroid dienone is 5. The number of esters is 1. The van der Waals surface area contributed by atoms with E-state index >= 15 is 0 Å². The Morgan fingerprint density at radius 3 is 2.47 bits per heavy atom. The summed E-state index contributed by atoms with van der Waals surface area (Å²) in [5.41, 5.74) is 0.668. The first-order valence-corrected chi connectivity index (χ1v) is 10.6. The number of Topliss-reactive ketones (excluding diaryl/α,β-unsaturated/α-hetero) is 1. The minimum atomic E-state index is -1.41. The van der Waals surface area contributed by atoms with E-state index in [-0.39, 0.29) is 30.6 Å². The van der Waals surface area contributed by atoms with Crippen molar-refractivity contribution in [1.29, 1.82) is 0 Å². The third kappa shape index (κ3) is 8.80. The number of carbonyl (C=O) groups excluding carboxylic acids is 2. The van der Waals surface area contributed by atoms with Gasteiger partial charge in [0.1, 0.15) is 11.7 Å². The van der Waals surface area contributed by atoms with Crippen LogP contribution in [0.15, 0.2) is 47.1 Å². The van der Waals surface area contributed by atoms with Gasteiger partial charge in [0, 0.05) is 18.1 Å². The molecule has 0 aliphatic heterocycles. The molecule has 0 aromatic heterocycles. The fourth-order valence-electron chi connectivity index (χ4n) is 3.32. The Morgan fingerprint density at radius 1 is 1.23 bits per heavy atom. The summed E-state index contributed by atoms with van der Waals surface area (Å²) in [5.74, 6) is -0.716. The molecule has 0 radical (unpaired) electrons. The van der Waals surface area contributed by atoms with Crippen molar-refractivity contribution < 1.29 is 24.5 Å². The lowest BCUT2D eigenvalue weighted by atomic mass is 9.80. The van der Waals surface area contributed by atoms with E-state index in [1.807, 2.05) is 19.9 Å². The second-order valence-electron chi connectivity index (χ2n) is 9.28. The summed E-state index contributed by atoms with van der Waals surface area (Å²) in [4.78, 5) is 24.8. The van der Waals surface area contributed by atoms with Crippen molar-refractivity contribution in [3.8, 4) is 0 Å². The maximum Gasteiger partial charge on any atom is 0.331 e. The Hall–Kier alpha value is -1.98. The number of rotatable bonds is 6. The van der Waals surface area contributed by atoms with Crippen LogP contribution in [0.25, 0.3) is 0 Å². The quantitative estimate of drug-likeness (QED) is 0.374. The van der Waals surface area contributed by atoms with Gasteiger partial charge in [-0.2, -0.15) is 0 Å². The van der Waals surface area contributed by atoms with Crippen LogP contribution in [0.3, 0.4) is 0 Å². The topological polar surface area (TPSA) is 83.8 Å². The van der Waals surface area contributed by atoms with E-state index in [4.69, 9.17) is 4.74 Å². The summed E-state index contributed by atoms with van der Waals surface area (Å²) in [5, 5.41) is 20.7. The first kappa shape index (κ1) is 26.1. The predicted octanol–water partition coefficient (Wildman–Crippen LogP) is 4.60. The third-order valence-electron chi connectivity index (χ3n) is 5.41. The molecule has 0 bridgehead atoms. The van der Waals surface area contributed by atoms with E-state index in [1.165, 1.54) is 11.6 Å². The van der Waals surface area contributed by atoms with Gasteiger partial charge in [0.15, 0.2) is 5.78 Å². The zero-order valence-electron chi connectivity index (χ0n) is 19.3. The van der Waals surface area contributed by atoms with Gasteiger partial charge < -0.3 is 14.9 Å². The summed E-state index contributed by atoms with van der Waals surface area (Å²) in [6.45, 7) is 11.0. The van der Waals surface area contributed by atoms with Gasteiger partial charge in [-0.05, 0) is 71.8 Å². The Kier molecular flexibility index (Phi) is 9.92. The van der Waals surface area contributed by atoms with E-state index in [9.17, 15) is 19.8 Å². The predicted molar refractivity (Wildman–Crippen MR) is 120 cm³/mol. The van der Waals surface area contributed by atoms with Crippen molar-refractivity contribution in [3.05, 3.63) is 47.1 Å². The van der Waals surface area contributed by atoms with E-state index in [0.717, 1.165) is 18.4 Å². The number of ketones is 1. The molecule has 0 unspecified atom stereocenters. The van der Waals surface area contributed by atoms with Crippen molar-refractivity contribution in [2.45, 2.75) is 85.4 Å². The van der Waals surface area contributed by atoms with Gasteiger partial charge in [-0.3, -0.25) is 4.79 Å². The Labute approximate surface area is 181 Å². The molecule has 0 spiro atoms. The van der Waals surface area contributed by atoms with Crippen LogP contribution in [0.5, 0.6) is 0 Å². The number of hydrogen-bond acceptors (Lipinski definition) is 5. The van der Waals surface area contributed by atoms with Crippen molar-refractivity contribution in [2.75, 3.05) is 6.61 Å². The Morgan fingerprint density at radius 2 is 1.90 bits per heavy atom. The lowest BCUT2D eigenvalue weighted by Gasteiger charge is -2.31. The number of hydrogen-bond donors (Lipinski definition) is 2. The van der Waals surface area contributed by atoms with Crippen LogP contribution in [0.2, 0.25) is 0 Å². The van der Waals surface area contributed by atoms with Crippen LogP contribution in [0.4, 0.5) is 0 Å². The van der Waals surface area contributed by atoms with Crippen LogP contribution >= 0.6 is 0 Å². The van der Waals surface area contributed by atoms with Crippen molar-refractivity contribution in [3.63, 3.8) is 0 Å². The molecule has 3 atom stereocenters. The van der Waals surface area contributed by atoms with Crippen LogP contribution in [0.1, 0.15) is 73.6 Å². The van der Waals surface area contributed by atoms with E-state index < -0.39 is 17.7 Å². The van der Waals surface area contributed by atoms with Gasteiger partial charge in [-0.1, -0.05) is 36.3 Å². The third-order valence-corrected chi connectivity index (χ3v) is 5.41. The first-order valence-electron chi connectivity index (χ1n) is 10.6. The van der Waals surface area contributed by atoms with Crippen LogP contribution in [-0.4, -0.2) is 40.3 Å². The largest absolute Gasteiger partial charge is 0.452 e. The molecule has 0 aromatic rings. The van der Waals surface area contributed by atoms with Gasteiger partial charge in [-0.25, -0.2) is 4.79 Å². The highest BCUT2D eigenvalue weighted by atomic mass is 16.6. The Balaban J connectivity index is 3.31. The standard InChI is InChI=1S/C25H38O5/c1-18(2)8-7-12-24(5)13-9-20(17-26)21(27)10-15-25(6,29)22(11-14-24)30-23(28)16-19(3)4/h8-9,11,14,16,22,26,29H,7,10,12-13,15,17H2,1-6H3/b14-11?,20-9-/t22-,24+,25-/m1/s1. The molecule has 168 valence electrons. The van der Waals surface area contributed by atoms with Gasteiger partial charge in [0.2, 0.25) is 0 Å². The fraction of sp³-hybridized carbons (Fsp3) is 0.600. The minimum absolute atomic E-state index is 0.0679. The zero-order valence-corrected chi connectivity index (χ0v) is 19.3. The molecule has 0 amide bonds. The number of ether oxygens (including phenoxy) is 1. The lowest BCUT2D eigenvalue weighted by Crippen LogP contribution is -2.41. The molecular weight excluding hydrogens is 380 g/mol. The van der Waals surface area contributed by atoms with Gasteiger partial charge in [-0.15, -0.1) is 0 Å². The average Bonchev–Trinajstić information content (AvgIpc) is 2.63.